The number of carbonyl (C=O) groups is 4. The van der Waals surface area contributed by atoms with E-state index in [1.807, 2.05) is 103 Å². The van der Waals surface area contributed by atoms with Crippen LogP contribution in [0.2, 0.25) is 0 Å². The Bertz CT molecular complexity index is 2030. The lowest BCUT2D eigenvalue weighted by Crippen LogP contribution is -2.54. The van der Waals surface area contributed by atoms with Gasteiger partial charge in [-0.15, -0.1) is 0 Å². The number of nitrogens with zero attached hydrogens (tertiary/aromatic N) is 2. The van der Waals surface area contributed by atoms with Crippen LogP contribution in [0.5, 0.6) is 0 Å². The molecule has 0 fully saturated rings. The fraction of sp³-hybridized carbons (Fsp3) is 0.200. The number of alkyl carbamates (subject to hydrolysis) is 1. The maximum Gasteiger partial charge on any atom is 0.408 e. The zero-order valence-corrected chi connectivity index (χ0v) is 29.0. The van der Waals surface area contributed by atoms with E-state index < -0.39 is 35.9 Å². The second-order valence-corrected chi connectivity index (χ2v) is 12.1. The van der Waals surface area contributed by atoms with E-state index in [4.69, 9.17) is 4.74 Å². The average molecular weight is 700 g/mol. The maximum absolute atomic E-state index is 13.9. The molecule has 0 aliphatic carbocycles. The van der Waals surface area contributed by atoms with Crippen LogP contribution in [-0.2, 0) is 32.1 Å². The van der Waals surface area contributed by atoms with Crippen LogP contribution in [0.25, 0.3) is 10.9 Å². The van der Waals surface area contributed by atoms with Crippen LogP contribution in [-0.4, -0.2) is 52.3 Å². The average Bonchev–Trinajstić information content (AvgIpc) is 3.59. The van der Waals surface area contributed by atoms with Crippen molar-refractivity contribution in [2.45, 2.75) is 51.8 Å². The molecule has 1 aromatic heterocycles. The number of amides is 4. The molecule has 12 heteroatoms. The zero-order valence-electron chi connectivity index (χ0n) is 29.0. The smallest absolute Gasteiger partial charge is 0.408 e. The molecule has 0 saturated carbocycles. The van der Waals surface area contributed by atoms with Crippen molar-refractivity contribution in [2.75, 3.05) is 0 Å². The monoisotopic (exact) mass is 699 g/mol. The normalized spacial score (nSPS) is 12.7. The first-order chi connectivity index (χ1) is 25.3. The predicted molar refractivity (Wildman–Crippen MR) is 200 cm³/mol. The molecule has 266 valence electrons. The predicted octanol–water partition coefficient (Wildman–Crippen LogP) is 5.35. The van der Waals surface area contributed by atoms with Gasteiger partial charge in [-0.3, -0.25) is 14.4 Å². The van der Waals surface area contributed by atoms with Gasteiger partial charge in [0.2, 0.25) is 11.8 Å². The first kappa shape index (κ1) is 36.7. The number of benzene rings is 4. The lowest BCUT2D eigenvalue weighted by atomic mass is 10.0. The van der Waals surface area contributed by atoms with Crippen LogP contribution in [0, 0.1) is 0 Å². The van der Waals surface area contributed by atoms with Crippen LogP contribution in [0.1, 0.15) is 48.9 Å². The summed E-state index contributed by atoms with van der Waals surface area (Å²) in [5, 5.41) is 14.7. The van der Waals surface area contributed by atoms with Crippen molar-refractivity contribution in [1.82, 2.24) is 26.5 Å². The van der Waals surface area contributed by atoms with Crippen LogP contribution in [0.15, 0.2) is 132 Å². The van der Waals surface area contributed by atoms with Gasteiger partial charge in [0.25, 0.3) is 5.91 Å². The zero-order chi connectivity index (χ0) is 36.7. The van der Waals surface area contributed by atoms with E-state index in [0.717, 1.165) is 33.2 Å². The summed E-state index contributed by atoms with van der Waals surface area (Å²) in [4.78, 5) is 56.6. The number of hydrogen-bond donors (Lipinski definition) is 5. The fourth-order valence-corrected chi connectivity index (χ4v) is 5.36. The molecule has 0 bridgehead atoms. The van der Waals surface area contributed by atoms with Crippen LogP contribution >= 0.6 is 0 Å². The molecule has 0 unspecified atom stereocenters. The van der Waals surface area contributed by atoms with E-state index in [0.29, 0.717) is 11.4 Å². The molecule has 0 saturated heterocycles. The van der Waals surface area contributed by atoms with Gasteiger partial charge in [0, 0.05) is 29.9 Å². The fourth-order valence-electron chi connectivity index (χ4n) is 5.36. The highest BCUT2D eigenvalue weighted by Crippen LogP contribution is 2.19. The third-order valence-corrected chi connectivity index (χ3v) is 8.28. The van der Waals surface area contributed by atoms with Crippen molar-refractivity contribution < 1.29 is 23.9 Å². The SMILES string of the molecule is CC(=NNC(=O)CC[C@@H](NC(=O)OCc1ccccc1)C(=O)N[C@H](Cc1c[nH]c2ccccc12)C(=O)NN=C(C)c1ccccc1)c1ccccc1. The number of carbonyl (C=O) groups excluding carboxylic acids is 4. The molecule has 0 aliphatic heterocycles. The molecule has 1 heterocycles. The Morgan fingerprint density at radius 2 is 1.25 bits per heavy atom. The minimum absolute atomic E-state index is 0.0284. The molecular weight excluding hydrogens is 658 g/mol. The van der Waals surface area contributed by atoms with E-state index in [-0.39, 0.29) is 25.9 Å². The molecule has 4 aromatic carbocycles. The lowest BCUT2D eigenvalue weighted by molar-refractivity contribution is -0.130. The highest BCUT2D eigenvalue weighted by Gasteiger charge is 2.29. The Morgan fingerprint density at radius 1 is 0.673 bits per heavy atom. The van der Waals surface area contributed by atoms with Gasteiger partial charge in [-0.1, -0.05) is 109 Å². The van der Waals surface area contributed by atoms with E-state index in [1.54, 1.807) is 32.2 Å². The first-order valence-electron chi connectivity index (χ1n) is 16.9. The number of aromatic amines is 1. The van der Waals surface area contributed by atoms with Gasteiger partial charge in [0.15, 0.2) is 0 Å². The molecular formula is C40H41N7O5. The molecule has 4 amide bonds. The second-order valence-electron chi connectivity index (χ2n) is 12.1. The van der Waals surface area contributed by atoms with E-state index in [2.05, 4.69) is 36.7 Å². The molecule has 5 N–H and O–H groups in total. The molecule has 5 rings (SSSR count). The summed E-state index contributed by atoms with van der Waals surface area (Å²) in [5.41, 5.74) is 10.3. The number of para-hydroxylation sites is 1. The number of hydrazone groups is 2. The standard InChI is InChI=1S/C40H41N7O5/c1-27(30-16-8-4-9-17-30)44-46-37(48)23-22-35(43-40(51)52-26-29-14-6-3-7-15-29)38(49)42-36(24-32-25-41-34-21-13-12-20-33(32)34)39(50)47-45-28(2)31-18-10-5-11-19-31/h3-21,25,35-36,41H,22-24,26H2,1-2H3,(H,42,49)(H,43,51)(H,46,48)(H,47,50)/t35-,36-/m1/s1. The van der Waals surface area contributed by atoms with Gasteiger partial charge in [0.05, 0.1) is 11.4 Å². The Morgan fingerprint density at radius 3 is 1.90 bits per heavy atom. The number of fused-ring (bicyclic) bond motifs is 1. The number of hydrogen-bond acceptors (Lipinski definition) is 7. The summed E-state index contributed by atoms with van der Waals surface area (Å²) in [6, 6.07) is 33.1. The van der Waals surface area contributed by atoms with Gasteiger partial charge >= 0.3 is 6.09 Å². The van der Waals surface area contributed by atoms with Gasteiger partial charge in [0.1, 0.15) is 18.7 Å². The highest BCUT2D eigenvalue weighted by atomic mass is 16.5. The number of nitrogens with one attached hydrogen (secondary N) is 5. The maximum atomic E-state index is 13.9. The van der Waals surface area contributed by atoms with E-state index in [9.17, 15) is 19.2 Å². The van der Waals surface area contributed by atoms with Crippen LogP contribution in [0.4, 0.5) is 4.79 Å². The Hall–Kier alpha value is -6.56. The molecule has 5 aromatic rings. The largest absolute Gasteiger partial charge is 0.445 e. The van der Waals surface area contributed by atoms with Gasteiger partial charge in [-0.05, 0) is 48.6 Å². The minimum Gasteiger partial charge on any atom is -0.445 e. The lowest BCUT2D eigenvalue weighted by Gasteiger charge is -2.22. The van der Waals surface area contributed by atoms with E-state index >= 15 is 0 Å². The van der Waals surface area contributed by atoms with Crippen molar-refractivity contribution in [3.63, 3.8) is 0 Å². The van der Waals surface area contributed by atoms with Gasteiger partial charge in [-0.25, -0.2) is 15.6 Å². The number of rotatable bonds is 15. The summed E-state index contributed by atoms with van der Waals surface area (Å²) in [5.74, 6) is -1.72. The summed E-state index contributed by atoms with van der Waals surface area (Å²) in [6.45, 7) is 3.50. The summed E-state index contributed by atoms with van der Waals surface area (Å²) < 4.78 is 5.38. The molecule has 0 spiro atoms. The summed E-state index contributed by atoms with van der Waals surface area (Å²) in [6.07, 6.45) is 0.769. The van der Waals surface area contributed by atoms with Crippen molar-refractivity contribution in [3.05, 3.63) is 144 Å². The second kappa shape index (κ2) is 18.4. The van der Waals surface area contributed by atoms with Crippen LogP contribution in [0.3, 0.4) is 0 Å². The number of ether oxygens (including phenoxy) is 1. The quantitative estimate of drug-likeness (QED) is 0.0733. The van der Waals surface area contributed by atoms with Gasteiger partial charge in [-0.2, -0.15) is 10.2 Å². The Labute approximate surface area is 301 Å². The minimum atomic E-state index is -1.24. The molecule has 0 radical (unpaired) electrons. The molecule has 0 aliphatic rings. The highest BCUT2D eigenvalue weighted by molar-refractivity contribution is 6.00. The molecule has 12 nitrogen and oxygen atoms in total. The summed E-state index contributed by atoms with van der Waals surface area (Å²) in [7, 11) is 0. The number of H-pyrrole nitrogens is 1. The molecule has 52 heavy (non-hydrogen) atoms. The van der Waals surface area contributed by atoms with Crippen molar-refractivity contribution >= 4 is 46.1 Å². The van der Waals surface area contributed by atoms with Crippen LogP contribution < -0.4 is 21.5 Å². The topological polar surface area (TPSA) is 166 Å². The third kappa shape index (κ3) is 10.7. The van der Waals surface area contributed by atoms with Gasteiger partial charge < -0.3 is 20.4 Å². The van der Waals surface area contributed by atoms with E-state index in [1.165, 1.54) is 0 Å². The van der Waals surface area contributed by atoms with Crippen molar-refractivity contribution in [1.29, 1.82) is 0 Å². The molecule has 2 atom stereocenters. The van der Waals surface area contributed by atoms with Crippen molar-refractivity contribution in [3.8, 4) is 0 Å². The summed E-state index contributed by atoms with van der Waals surface area (Å²) >= 11 is 0. The first-order valence-corrected chi connectivity index (χ1v) is 16.9. The van der Waals surface area contributed by atoms with Crippen molar-refractivity contribution in [2.24, 2.45) is 10.2 Å². The Balaban J connectivity index is 1.32. The number of aromatic nitrogens is 1. The Kier molecular flexibility index (Phi) is 13.0. The third-order valence-electron chi connectivity index (χ3n) is 8.28.